The Kier molecular flexibility index (Phi) is 8.13. The number of fused-ring (bicyclic) bond motifs is 2. The van der Waals surface area contributed by atoms with Gasteiger partial charge in [-0.1, -0.05) is 54.1 Å². The first kappa shape index (κ1) is 28.8. The molecule has 3 heterocycles. The first-order valence-corrected chi connectivity index (χ1v) is 14.7. The molecule has 2 aromatic carbocycles. The smallest absolute Gasteiger partial charge is 0.131 e. The van der Waals surface area contributed by atoms with Gasteiger partial charge in [-0.2, -0.15) is 0 Å². The van der Waals surface area contributed by atoms with E-state index in [1.165, 1.54) is 0 Å². The van der Waals surface area contributed by atoms with E-state index < -0.39 is 11.2 Å². The molecular formula is C33H39BrN2O4. The molecule has 0 spiro atoms. The number of piperidine rings is 1. The van der Waals surface area contributed by atoms with Gasteiger partial charge in [0.15, 0.2) is 0 Å². The highest BCUT2D eigenvalue weighted by atomic mass is 79.9. The maximum Gasteiger partial charge on any atom is 0.131 e. The van der Waals surface area contributed by atoms with E-state index in [9.17, 15) is 10.2 Å². The molecule has 0 amide bonds. The van der Waals surface area contributed by atoms with Crippen molar-refractivity contribution in [3.8, 4) is 11.5 Å². The van der Waals surface area contributed by atoms with Crippen LogP contribution in [0.25, 0.3) is 5.57 Å². The molecule has 2 N–H and O–H groups in total. The minimum absolute atomic E-state index is 0.196. The van der Waals surface area contributed by atoms with Crippen molar-refractivity contribution in [3.05, 3.63) is 93.7 Å². The number of aliphatic hydroxyl groups is 2. The number of halogens is 1. The predicted octanol–water partition coefficient (Wildman–Crippen LogP) is 6.33. The first-order valence-electron chi connectivity index (χ1n) is 13.9. The zero-order chi connectivity index (χ0) is 28.5. The minimum Gasteiger partial charge on any atom is -0.491 e. The average molecular weight is 608 g/mol. The highest BCUT2D eigenvalue weighted by Crippen LogP contribution is 2.46. The highest BCUT2D eigenvalue weighted by Gasteiger charge is 2.48. The number of likely N-dealkylation sites (tertiary alicyclic amines) is 1. The third-order valence-electron chi connectivity index (χ3n) is 8.02. The third-order valence-corrected chi connectivity index (χ3v) is 8.55. The maximum absolute atomic E-state index is 11.8. The lowest BCUT2D eigenvalue weighted by Crippen LogP contribution is -2.55. The fourth-order valence-corrected chi connectivity index (χ4v) is 6.04. The Labute approximate surface area is 245 Å². The number of pyridine rings is 1. The lowest BCUT2D eigenvalue weighted by Gasteiger charge is -2.50. The van der Waals surface area contributed by atoms with Gasteiger partial charge in [-0.05, 0) is 74.2 Å². The van der Waals surface area contributed by atoms with Gasteiger partial charge in [0.2, 0.25) is 0 Å². The van der Waals surface area contributed by atoms with Crippen molar-refractivity contribution >= 4 is 21.5 Å². The number of rotatable bonds is 7. The van der Waals surface area contributed by atoms with E-state index in [0.29, 0.717) is 18.8 Å². The van der Waals surface area contributed by atoms with Crippen LogP contribution in [0.15, 0.2) is 71.3 Å². The van der Waals surface area contributed by atoms with Crippen molar-refractivity contribution in [2.45, 2.75) is 58.3 Å². The van der Waals surface area contributed by atoms with Gasteiger partial charge in [0.05, 0.1) is 16.9 Å². The largest absolute Gasteiger partial charge is 0.491 e. The van der Waals surface area contributed by atoms with Gasteiger partial charge < -0.3 is 24.6 Å². The summed E-state index contributed by atoms with van der Waals surface area (Å²) >= 11 is 3.51. The van der Waals surface area contributed by atoms with Crippen molar-refractivity contribution in [3.63, 3.8) is 0 Å². The molecule has 2 aliphatic rings. The molecule has 6 nitrogen and oxygen atoms in total. The number of benzene rings is 2. The topological polar surface area (TPSA) is 75.1 Å². The van der Waals surface area contributed by atoms with E-state index in [1.807, 2.05) is 48.5 Å². The molecule has 1 atom stereocenters. The molecule has 1 saturated heterocycles. The lowest BCUT2D eigenvalue weighted by atomic mass is 9.66. The van der Waals surface area contributed by atoms with Crippen molar-refractivity contribution in [1.29, 1.82) is 0 Å². The van der Waals surface area contributed by atoms with Crippen LogP contribution < -0.4 is 9.47 Å². The number of ether oxygens (including phenoxy) is 2. The number of nitrogens with zero attached hydrogens (tertiary/aromatic N) is 2. The van der Waals surface area contributed by atoms with Crippen molar-refractivity contribution in [1.82, 2.24) is 9.88 Å². The van der Waals surface area contributed by atoms with Crippen LogP contribution in [0.2, 0.25) is 0 Å². The number of aromatic nitrogens is 1. The van der Waals surface area contributed by atoms with Gasteiger partial charge in [-0.3, -0.25) is 4.98 Å². The van der Waals surface area contributed by atoms with E-state index in [4.69, 9.17) is 9.47 Å². The van der Waals surface area contributed by atoms with E-state index in [-0.39, 0.29) is 12.0 Å². The van der Waals surface area contributed by atoms with Crippen molar-refractivity contribution in [2.24, 2.45) is 5.41 Å². The molecule has 0 aliphatic carbocycles. The Morgan fingerprint density at radius 3 is 2.62 bits per heavy atom. The molecule has 0 bridgehead atoms. The van der Waals surface area contributed by atoms with Crippen molar-refractivity contribution < 1.29 is 19.7 Å². The summed E-state index contributed by atoms with van der Waals surface area (Å²) in [4.78, 5) is 7.05. The van der Waals surface area contributed by atoms with Crippen molar-refractivity contribution in [2.75, 3.05) is 26.2 Å². The second kappa shape index (κ2) is 11.3. The third kappa shape index (κ3) is 6.13. The fraction of sp³-hybridized carbons (Fsp3) is 0.424. The van der Waals surface area contributed by atoms with E-state index >= 15 is 0 Å². The highest BCUT2D eigenvalue weighted by molar-refractivity contribution is 9.10. The first-order chi connectivity index (χ1) is 19.0. The zero-order valence-corrected chi connectivity index (χ0v) is 25.4. The molecule has 2 aliphatic heterocycles. The van der Waals surface area contributed by atoms with Crippen LogP contribution in [-0.2, 0) is 12.2 Å². The van der Waals surface area contributed by atoms with Crippen LogP contribution in [0.1, 0.15) is 62.9 Å². The molecular weight excluding hydrogens is 568 g/mol. The number of hydrogen-bond donors (Lipinski definition) is 2. The Morgan fingerprint density at radius 1 is 1.12 bits per heavy atom. The molecule has 1 fully saturated rings. The molecule has 40 heavy (non-hydrogen) atoms. The summed E-state index contributed by atoms with van der Waals surface area (Å²) in [7, 11) is 0. The Balaban J connectivity index is 1.36. The van der Waals surface area contributed by atoms with Crippen LogP contribution in [-0.4, -0.2) is 51.9 Å². The van der Waals surface area contributed by atoms with Crippen LogP contribution in [0, 0.1) is 5.41 Å². The summed E-state index contributed by atoms with van der Waals surface area (Å²) in [5, 5.41) is 21.9. The Bertz CT molecular complexity index is 1380. The zero-order valence-electron chi connectivity index (χ0n) is 23.8. The second-order valence-corrected chi connectivity index (χ2v) is 13.1. The van der Waals surface area contributed by atoms with Gasteiger partial charge in [-0.15, -0.1) is 0 Å². The van der Waals surface area contributed by atoms with E-state index in [1.54, 1.807) is 20.0 Å². The van der Waals surface area contributed by atoms with Gasteiger partial charge >= 0.3 is 0 Å². The molecule has 212 valence electrons. The molecule has 3 aromatic rings. The van der Waals surface area contributed by atoms with E-state index in [2.05, 4.69) is 51.8 Å². The van der Waals surface area contributed by atoms with Crippen LogP contribution >= 0.6 is 15.9 Å². The minimum atomic E-state index is -0.926. The lowest BCUT2D eigenvalue weighted by molar-refractivity contribution is -0.125. The quantitative estimate of drug-likeness (QED) is 0.327. The van der Waals surface area contributed by atoms with Gasteiger partial charge in [-0.25, -0.2) is 0 Å². The predicted molar refractivity (Wildman–Crippen MR) is 161 cm³/mol. The van der Waals surface area contributed by atoms with Gasteiger partial charge in [0.1, 0.15) is 24.7 Å². The number of hydrogen-bond acceptors (Lipinski definition) is 6. The average Bonchev–Trinajstić information content (AvgIpc) is 3.06. The van der Waals surface area contributed by atoms with Crippen LogP contribution in [0.5, 0.6) is 11.5 Å². The molecule has 0 unspecified atom stereocenters. The maximum atomic E-state index is 11.8. The van der Waals surface area contributed by atoms with E-state index in [0.717, 1.165) is 64.2 Å². The second-order valence-electron chi connectivity index (χ2n) is 12.2. The Morgan fingerprint density at radius 2 is 1.90 bits per heavy atom. The summed E-state index contributed by atoms with van der Waals surface area (Å²) in [6.07, 6.45) is 5.60. The SMILES string of the molecule is CC(C)(O)COc1ccc2c(c1)/C(=C/CCN1CC[C@](O)(c3ccc(Br)cc3)C(C)(C)C1)c1cccnc1CO2. The van der Waals surface area contributed by atoms with Gasteiger partial charge in [0.25, 0.3) is 0 Å². The summed E-state index contributed by atoms with van der Waals surface area (Å²) in [6.45, 7) is 10.9. The van der Waals surface area contributed by atoms with Gasteiger partial charge in [0, 0.05) is 46.8 Å². The summed E-state index contributed by atoms with van der Waals surface area (Å²) in [5.41, 5.74) is 2.87. The van der Waals surface area contributed by atoms with Crippen LogP contribution in [0.3, 0.4) is 0 Å². The molecule has 1 aromatic heterocycles. The monoisotopic (exact) mass is 606 g/mol. The van der Waals surface area contributed by atoms with Crippen LogP contribution in [0.4, 0.5) is 0 Å². The molecule has 5 rings (SSSR count). The fourth-order valence-electron chi connectivity index (χ4n) is 5.77. The Hall–Kier alpha value is -2.71. The molecule has 0 radical (unpaired) electrons. The normalized spacial score (nSPS) is 21.7. The molecule has 7 heteroatoms. The standard InChI is InChI=1S/C33H39BrN2O4/c1-31(2)21-36(18-15-33(31,38)23-9-11-24(34)12-10-23)17-6-8-26-27-7-5-16-35-29(27)20-39-30-14-13-25(19-28(26)30)40-22-32(3,4)37/h5,7-14,16,19,37-38H,6,15,17-18,20-22H2,1-4H3/b26-8+/t33-/m0/s1. The summed E-state index contributed by atoms with van der Waals surface area (Å²) in [5.74, 6) is 1.48. The summed E-state index contributed by atoms with van der Waals surface area (Å²) < 4.78 is 13.1. The summed E-state index contributed by atoms with van der Waals surface area (Å²) in [6, 6.07) is 17.9. The molecule has 0 saturated carbocycles.